The van der Waals surface area contributed by atoms with Gasteiger partial charge < -0.3 is 10.4 Å². The Labute approximate surface area is 119 Å². The van der Waals surface area contributed by atoms with E-state index < -0.39 is 5.72 Å². The van der Waals surface area contributed by atoms with Crippen LogP contribution in [0, 0.1) is 0 Å². The van der Waals surface area contributed by atoms with Gasteiger partial charge in [0.25, 0.3) is 5.91 Å². The molecule has 0 saturated carbocycles. The van der Waals surface area contributed by atoms with Gasteiger partial charge in [-0.2, -0.15) is 0 Å². The summed E-state index contributed by atoms with van der Waals surface area (Å²) in [6.45, 7) is 0. The fourth-order valence-corrected chi connectivity index (χ4v) is 2.54. The smallest absolute Gasteiger partial charge is 0.254 e. The maximum Gasteiger partial charge on any atom is 0.254 e. The van der Waals surface area contributed by atoms with E-state index >= 15 is 0 Å². The van der Waals surface area contributed by atoms with Gasteiger partial charge in [0.05, 0.1) is 10.0 Å². The van der Waals surface area contributed by atoms with Gasteiger partial charge in [0, 0.05) is 16.7 Å². The molecule has 0 spiro atoms. The van der Waals surface area contributed by atoms with Crippen LogP contribution in [0.5, 0.6) is 0 Å². The third kappa shape index (κ3) is 1.82. The number of carbonyl (C=O) groups excluding carboxylic acids is 1. The van der Waals surface area contributed by atoms with E-state index in [1.54, 1.807) is 42.5 Å². The quantitative estimate of drug-likeness (QED) is 0.849. The lowest BCUT2D eigenvalue weighted by molar-refractivity contribution is 0.0476. The number of fused-ring (bicyclic) bond motifs is 1. The van der Waals surface area contributed by atoms with E-state index in [1.807, 2.05) is 0 Å². The van der Waals surface area contributed by atoms with E-state index in [1.165, 1.54) is 0 Å². The first-order valence-corrected chi connectivity index (χ1v) is 6.38. The SMILES string of the molecule is O=C1NC(O)(c2ccc(Cl)c(Cl)c2)c2ccccc21. The van der Waals surface area contributed by atoms with Crippen LogP contribution in [0.1, 0.15) is 21.5 Å². The molecule has 3 rings (SSSR count). The number of aliphatic hydroxyl groups is 1. The summed E-state index contributed by atoms with van der Waals surface area (Å²) < 4.78 is 0. The van der Waals surface area contributed by atoms with Crippen LogP contribution in [0.15, 0.2) is 42.5 Å². The molecule has 1 aliphatic rings. The molecule has 2 aromatic carbocycles. The minimum absolute atomic E-state index is 0.316. The van der Waals surface area contributed by atoms with Crippen LogP contribution in [-0.4, -0.2) is 11.0 Å². The van der Waals surface area contributed by atoms with Gasteiger partial charge in [-0.25, -0.2) is 0 Å². The number of hydrogen-bond donors (Lipinski definition) is 2. The van der Waals surface area contributed by atoms with Crippen molar-refractivity contribution in [1.29, 1.82) is 0 Å². The van der Waals surface area contributed by atoms with E-state index in [0.717, 1.165) is 0 Å². The number of halogens is 2. The largest absolute Gasteiger partial charge is 0.363 e. The van der Waals surface area contributed by atoms with Crippen LogP contribution in [0.25, 0.3) is 0 Å². The highest BCUT2D eigenvalue weighted by Gasteiger charge is 2.42. The molecule has 3 nitrogen and oxygen atoms in total. The molecule has 1 amide bonds. The Morgan fingerprint density at radius 3 is 2.53 bits per heavy atom. The molecule has 0 bridgehead atoms. The first kappa shape index (κ1) is 12.5. The van der Waals surface area contributed by atoms with Gasteiger partial charge in [0.2, 0.25) is 0 Å². The fraction of sp³-hybridized carbons (Fsp3) is 0.0714. The molecule has 0 saturated heterocycles. The molecule has 1 unspecified atom stereocenters. The van der Waals surface area contributed by atoms with Crippen molar-refractivity contribution in [1.82, 2.24) is 5.32 Å². The predicted octanol–water partition coefficient (Wildman–Crippen LogP) is 2.93. The number of carbonyl (C=O) groups is 1. The highest BCUT2D eigenvalue weighted by Crippen LogP contribution is 2.36. The second-order valence-electron chi connectivity index (χ2n) is 4.34. The maximum absolute atomic E-state index is 11.9. The van der Waals surface area contributed by atoms with Crippen molar-refractivity contribution in [3.05, 3.63) is 69.2 Å². The normalized spacial score (nSPS) is 21.1. The first-order valence-electron chi connectivity index (χ1n) is 5.62. The lowest BCUT2D eigenvalue weighted by Crippen LogP contribution is -2.40. The molecular weight excluding hydrogens is 285 g/mol. The summed E-state index contributed by atoms with van der Waals surface area (Å²) in [5, 5.41) is 14.1. The fourth-order valence-electron chi connectivity index (χ4n) is 2.24. The van der Waals surface area contributed by atoms with Gasteiger partial charge in [-0.15, -0.1) is 0 Å². The molecule has 0 aliphatic carbocycles. The maximum atomic E-state index is 11.9. The summed E-state index contributed by atoms with van der Waals surface area (Å²) in [5.41, 5.74) is -0.128. The van der Waals surface area contributed by atoms with Gasteiger partial charge >= 0.3 is 0 Å². The summed E-state index contributed by atoms with van der Waals surface area (Å²) in [6, 6.07) is 11.7. The zero-order valence-electron chi connectivity index (χ0n) is 9.65. The minimum atomic E-state index is -1.57. The number of rotatable bonds is 1. The third-order valence-electron chi connectivity index (χ3n) is 3.19. The Morgan fingerprint density at radius 1 is 1.05 bits per heavy atom. The number of hydrogen-bond acceptors (Lipinski definition) is 2. The number of amides is 1. The van der Waals surface area contributed by atoms with E-state index in [4.69, 9.17) is 23.2 Å². The third-order valence-corrected chi connectivity index (χ3v) is 3.93. The van der Waals surface area contributed by atoms with Crippen LogP contribution >= 0.6 is 23.2 Å². The summed E-state index contributed by atoms with van der Waals surface area (Å²) in [7, 11) is 0. The molecule has 1 heterocycles. The monoisotopic (exact) mass is 293 g/mol. The average molecular weight is 294 g/mol. The second-order valence-corrected chi connectivity index (χ2v) is 5.15. The molecule has 96 valence electrons. The van der Waals surface area contributed by atoms with E-state index in [9.17, 15) is 9.90 Å². The molecular formula is C14H9Cl2NO2. The van der Waals surface area contributed by atoms with Gasteiger partial charge in [0.1, 0.15) is 0 Å². The lowest BCUT2D eigenvalue weighted by atomic mass is 9.95. The van der Waals surface area contributed by atoms with Gasteiger partial charge in [-0.05, 0) is 18.2 Å². The highest BCUT2D eigenvalue weighted by atomic mass is 35.5. The summed E-state index contributed by atoms with van der Waals surface area (Å²) in [5.74, 6) is -0.316. The van der Waals surface area contributed by atoms with Crippen molar-refractivity contribution >= 4 is 29.1 Å². The van der Waals surface area contributed by atoms with Crippen LogP contribution in [0.4, 0.5) is 0 Å². The van der Waals surface area contributed by atoms with Crippen molar-refractivity contribution in [2.24, 2.45) is 0 Å². The molecule has 2 aromatic rings. The molecule has 1 aliphatic heterocycles. The van der Waals surface area contributed by atoms with Gasteiger partial charge in [-0.1, -0.05) is 47.5 Å². The molecule has 0 aromatic heterocycles. The van der Waals surface area contributed by atoms with Crippen molar-refractivity contribution < 1.29 is 9.90 Å². The van der Waals surface area contributed by atoms with E-state index in [0.29, 0.717) is 26.7 Å². The van der Waals surface area contributed by atoms with Gasteiger partial charge in [-0.3, -0.25) is 4.79 Å². The highest BCUT2D eigenvalue weighted by molar-refractivity contribution is 6.42. The van der Waals surface area contributed by atoms with Gasteiger partial charge in [0.15, 0.2) is 5.72 Å². The summed E-state index contributed by atoms with van der Waals surface area (Å²) >= 11 is 11.8. The van der Waals surface area contributed by atoms with E-state index in [-0.39, 0.29) is 5.91 Å². The van der Waals surface area contributed by atoms with Crippen LogP contribution in [0.3, 0.4) is 0 Å². The topological polar surface area (TPSA) is 49.3 Å². The molecule has 0 radical (unpaired) electrons. The molecule has 0 fully saturated rings. The summed E-state index contributed by atoms with van der Waals surface area (Å²) in [6.07, 6.45) is 0. The zero-order valence-corrected chi connectivity index (χ0v) is 11.2. The molecule has 5 heteroatoms. The lowest BCUT2D eigenvalue weighted by Gasteiger charge is -2.24. The minimum Gasteiger partial charge on any atom is -0.363 e. The Morgan fingerprint density at radius 2 is 1.79 bits per heavy atom. The Balaban J connectivity index is 2.19. The van der Waals surface area contributed by atoms with Crippen molar-refractivity contribution in [2.45, 2.75) is 5.72 Å². The molecule has 19 heavy (non-hydrogen) atoms. The number of nitrogens with one attached hydrogen (secondary N) is 1. The first-order chi connectivity index (χ1) is 9.02. The number of benzene rings is 2. The average Bonchev–Trinajstić information content (AvgIpc) is 2.67. The standard InChI is InChI=1S/C14H9Cl2NO2/c15-11-6-5-8(7-12(11)16)14(19)10-4-2-1-3-9(10)13(18)17-14/h1-7,19H,(H,17,18). The van der Waals surface area contributed by atoms with Crippen molar-refractivity contribution in [2.75, 3.05) is 0 Å². The van der Waals surface area contributed by atoms with Crippen molar-refractivity contribution in [3.8, 4) is 0 Å². The Bertz CT molecular complexity index is 687. The molecule has 1 atom stereocenters. The zero-order chi connectivity index (χ0) is 13.6. The van der Waals surface area contributed by atoms with Crippen LogP contribution in [-0.2, 0) is 5.72 Å². The summed E-state index contributed by atoms with van der Waals surface area (Å²) in [4.78, 5) is 11.9. The predicted molar refractivity (Wildman–Crippen MR) is 73.4 cm³/mol. The van der Waals surface area contributed by atoms with E-state index in [2.05, 4.69) is 5.32 Å². The van der Waals surface area contributed by atoms with Crippen LogP contribution < -0.4 is 5.32 Å². The Hall–Kier alpha value is -1.55. The molecule has 2 N–H and O–H groups in total. The second kappa shape index (κ2) is 4.23. The van der Waals surface area contributed by atoms with Crippen LogP contribution in [0.2, 0.25) is 10.0 Å². The Kier molecular flexibility index (Phi) is 2.78. The van der Waals surface area contributed by atoms with Crippen molar-refractivity contribution in [3.63, 3.8) is 0 Å².